The molecule has 2 N–H and O–H groups in total. The summed E-state index contributed by atoms with van der Waals surface area (Å²) in [5.74, 6) is 0.656. The summed E-state index contributed by atoms with van der Waals surface area (Å²) in [7, 11) is 0. The molecule has 0 saturated carbocycles. The molecular weight excluding hydrogens is 292 g/mol. The lowest BCUT2D eigenvalue weighted by Gasteiger charge is -2.29. The molecule has 1 aliphatic rings. The van der Waals surface area contributed by atoms with Crippen LogP contribution in [0.15, 0.2) is 16.2 Å². The lowest BCUT2D eigenvalue weighted by Crippen LogP contribution is -2.32. The molecule has 8 heteroatoms. The van der Waals surface area contributed by atoms with Crippen molar-refractivity contribution in [2.45, 2.75) is 19.8 Å². The van der Waals surface area contributed by atoms with Crippen molar-refractivity contribution in [1.29, 1.82) is 0 Å². The van der Waals surface area contributed by atoms with E-state index in [1.165, 1.54) is 10.4 Å². The van der Waals surface area contributed by atoms with Gasteiger partial charge in [-0.1, -0.05) is 0 Å². The third kappa shape index (κ3) is 2.65. The number of fused-ring (bicyclic) bond motifs is 1. The Morgan fingerprint density at radius 3 is 3.00 bits per heavy atom. The van der Waals surface area contributed by atoms with E-state index in [2.05, 4.69) is 21.4 Å². The monoisotopic (exact) mass is 307 g/mol. The molecule has 2 aromatic heterocycles. The van der Waals surface area contributed by atoms with Crippen LogP contribution in [0.25, 0.3) is 0 Å². The van der Waals surface area contributed by atoms with Gasteiger partial charge in [-0.25, -0.2) is 4.98 Å². The molecule has 0 aliphatic carbocycles. The molecule has 2 aromatic rings. The summed E-state index contributed by atoms with van der Waals surface area (Å²) < 4.78 is 0. The zero-order valence-electron chi connectivity index (χ0n) is 11.5. The number of anilines is 2. The number of nitrogens with one attached hydrogen (secondary N) is 1. The number of aromatic nitrogens is 2. The first kappa shape index (κ1) is 14.1. The average Bonchev–Trinajstić information content (AvgIpc) is 2.76. The fourth-order valence-corrected chi connectivity index (χ4v) is 3.51. The Labute approximate surface area is 125 Å². The van der Waals surface area contributed by atoms with Crippen molar-refractivity contribution in [3.8, 4) is 0 Å². The first-order valence-corrected chi connectivity index (χ1v) is 7.51. The molecule has 0 saturated heterocycles. The molecule has 3 heterocycles. The number of hydrogen-bond acceptors (Lipinski definition) is 7. The lowest BCUT2D eigenvalue weighted by molar-refractivity contribution is 0.295. The standard InChI is InChI=1S/C13H15N4O3S/c1-8-14-12(11(17(19)20)13(18)15-8)16-5-2-9-4-7-21-10(9)3-6-16/h4,7,19H,2-3,5-6H2,1H3,(H,14,15,18)/q-1. The summed E-state index contributed by atoms with van der Waals surface area (Å²) in [6.07, 6.45) is 1.67. The van der Waals surface area contributed by atoms with Crippen molar-refractivity contribution in [3.05, 3.63) is 43.3 Å². The fourth-order valence-electron chi connectivity index (χ4n) is 2.58. The van der Waals surface area contributed by atoms with Gasteiger partial charge in [0, 0.05) is 18.0 Å². The Morgan fingerprint density at radius 2 is 2.24 bits per heavy atom. The normalized spacial score (nSPS) is 14.7. The van der Waals surface area contributed by atoms with Crippen LogP contribution in [0.2, 0.25) is 0 Å². The van der Waals surface area contributed by atoms with E-state index in [1.807, 2.05) is 4.90 Å². The highest BCUT2D eigenvalue weighted by atomic mass is 32.1. The predicted octanol–water partition coefficient (Wildman–Crippen LogP) is 1.44. The summed E-state index contributed by atoms with van der Waals surface area (Å²) in [5.41, 5.74) is 0.313. The zero-order valence-corrected chi connectivity index (χ0v) is 12.3. The van der Waals surface area contributed by atoms with Crippen molar-refractivity contribution >= 4 is 22.8 Å². The molecule has 0 atom stereocenters. The second-order valence-electron chi connectivity index (χ2n) is 4.95. The summed E-state index contributed by atoms with van der Waals surface area (Å²) in [5, 5.41) is 22.2. The van der Waals surface area contributed by atoms with Crippen LogP contribution in [0.5, 0.6) is 0 Å². The van der Waals surface area contributed by atoms with Crippen LogP contribution in [0.4, 0.5) is 11.5 Å². The summed E-state index contributed by atoms with van der Waals surface area (Å²) in [6, 6.07) is 2.10. The molecule has 1 aliphatic heterocycles. The van der Waals surface area contributed by atoms with E-state index >= 15 is 0 Å². The third-order valence-corrected chi connectivity index (χ3v) is 4.61. The molecule has 21 heavy (non-hydrogen) atoms. The lowest BCUT2D eigenvalue weighted by atomic mass is 10.2. The largest absolute Gasteiger partial charge is 0.733 e. The van der Waals surface area contributed by atoms with Gasteiger partial charge in [0.05, 0.1) is 0 Å². The van der Waals surface area contributed by atoms with Gasteiger partial charge in [0.25, 0.3) is 5.56 Å². The van der Waals surface area contributed by atoms with Gasteiger partial charge in [-0.2, -0.15) is 0 Å². The maximum atomic E-state index is 11.9. The molecule has 0 spiro atoms. The predicted molar refractivity (Wildman–Crippen MR) is 81.2 cm³/mol. The Hall–Kier alpha value is -1.90. The minimum atomic E-state index is -0.631. The van der Waals surface area contributed by atoms with Crippen LogP contribution < -0.4 is 15.7 Å². The van der Waals surface area contributed by atoms with E-state index in [0.29, 0.717) is 18.9 Å². The summed E-state index contributed by atoms with van der Waals surface area (Å²) >= 11 is 1.72. The number of rotatable bonds is 2. The first-order chi connectivity index (χ1) is 10.1. The van der Waals surface area contributed by atoms with Gasteiger partial charge in [0.1, 0.15) is 5.82 Å². The average molecular weight is 307 g/mol. The highest BCUT2D eigenvalue weighted by Gasteiger charge is 2.21. The fraction of sp³-hybridized carbons (Fsp3) is 0.385. The number of H-pyrrole nitrogens is 1. The molecule has 3 rings (SSSR count). The van der Waals surface area contributed by atoms with Crippen molar-refractivity contribution in [2.24, 2.45) is 0 Å². The van der Waals surface area contributed by atoms with Crippen LogP contribution in [-0.4, -0.2) is 28.3 Å². The second-order valence-corrected chi connectivity index (χ2v) is 5.95. The summed E-state index contributed by atoms with van der Waals surface area (Å²) in [4.78, 5) is 21.8. The van der Waals surface area contributed by atoms with E-state index in [-0.39, 0.29) is 11.5 Å². The molecule has 0 aromatic carbocycles. The Balaban J connectivity index is 1.97. The highest BCUT2D eigenvalue weighted by Crippen LogP contribution is 2.27. The Bertz CT molecular complexity index is 687. The SMILES string of the molecule is Cc1nc(N2CCc3ccsc3CC2)c(N([O-])O)c(=O)[nH]1. The van der Waals surface area contributed by atoms with Crippen LogP contribution in [0.1, 0.15) is 16.3 Å². The molecule has 0 amide bonds. The molecule has 0 bridgehead atoms. The quantitative estimate of drug-likeness (QED) is 0.815. The van der Waals surface area contributed by atoms with Gasteiger partial charge in [0.15, 0.2) is 11.5 Å². The van der Waals surface area contributed by atoms with E-state index in [9.17, 15) is 15.2 Å². The number of aryl methyl sites for hydroxylation is 1. The first-order valence-electron chi connectivity index (χ1n) is 6.63. The molecule has 112 valence electrons. The molecule has 7 nitrogen and oxygen atoms in total. The number of hydrogen-bond donors (Lipinski definition) is 2. The van der Waals surface area contributed by atoms with Crippen LogP contribution in [-0.2, 0) is 12.8 Å². The molecule has 0 fully saturated rings. The third-order valence-electron chi connectivity index (χ3n) is 3.58. The van der Waals surface area contributed by atoms with Crippen molar-refractivity contribution < 1.29 is 5.21 Å². The van der Waals surface area contributed by atoms with Gasteiger partial charge in [-0.3, -0.25) is 10.0 Å². The number of thiophene rings is 1. The molecule has 0 unspecified atom stereocenters. The maximum Gasteiger partial charge on any atom is 0.278 e. The minimum absolute atomic E-state index is 0.240. The van der Waals surface area contributed by atoms with E-state index < -0.39 is 10.8 Å². The summed E-state index contributed by atoms with van der Waals surface area (Å²) in [6.45, 7) is 2.96. The van der Waals surface area contributed by atoms with Crippen molar-refractivity contribution in [2.75, 3.05) is 23.2 Å². The van der Waals surface area contributed by atoms with E-state index in [0.717, 1.165) is 12.8 Å². The van der Waals surface area contributed by atoms with Gasteiger partial charge in [-0.15, -0.1) is 11.3 Å². The van der Waals surface area contributed by atoms with E-state index in [4.69, 9.17) is 0 Å². The highest BCUT2D eigenvalue weighted by molar-refractivity contribution is 7.10. The van der Waals surface area contributed by atoms with E-state index in [1.54, 1.807) is 18.3 Å². The molecule has 0 radical (unpaired) electrons. The van der Waals surface area contributed by atoms with Gasteiger partial charge in [0.2, 0.25) is 0 Å². The van der Waals surface area contributed by atoms with Crippen LogP contribution >= 0.6 is 11.3 Å². The van der Waals surface area contributed by atoms with Crippen LogP contribution in [0.3, 0.4) is 0 Å². The van der Waals surface area contributed by atoms with Crippen molar-refractivity contribution in [1.82, 2.24) is 9.97 Å². The van der Waals surface area contributed by atoms with Crippen LogP contribution in [0, 0.1) is 12.1 Å². The minimum Gasteiger partial charge on any atom is -0.733 e. The van der Waals surface area contributed by atoms with Crippen molar-refractivity contribution in [3.63, 3.8) is 0 Å². The van der Waals surface area contributed by atoms with Gasteiger partial charge < -0.3 is 20.3 Å². The maximum absolute atomic E-state index is 11.9. The Kier molecular flexibility index (Phi) is 3.66. The second kappa shape index (κ2) is 5.47. The van der Waals surface area contributed by atoms with Gasteiger partial charge >= 0.3 is 0 Å². The molecular formula is C13H15N4O3S-. The number of nitrogens with zero attached hydrogens (tertiary/aromatic N) is 3. The topological polar surface area (TPSA) is 95.5 Å². The Morgan fingerprint density at radius 1 is 1.48 bits per heavy atom. The van der Waals surface area contributed by atoms with Gasteiger partial charge in [-0.05, 0) is 36.8 Å². The number of aromatic amines is 1. The zero-order chi connectivity index (χ0) is 15.0. The smallest absolute Gasteiger partial charge is 0.278 e.